The summed E-state index contributed by atoms with van der Waals surface area (Å²) in [5, 5.41) is 7.96. The summed E-state index contributed by atoms with van der Waals surface area (Å²) in [6.07, 6.45) is 1.33. The molecule has 1 saturated carbocycles. The van der Waals surface area contributed by atoms with E-state index in [1.807, 2.05) is 0 Å². The van der Waals surface area contributed by atoms with Crippen molar-refractivity contribution in [3.63, 3.8) is 0 Å². The highest BCUT2D eigenvalue weighted by Gasteiger charge is 2.71. The predicted octanol–water partition coefficient (Wildman–Crippen LogP) is 1.04. The molecule has 18 heavy (non-hydrogen) atoms. The highest BCUT2D eigenvalue weighted by Crippen LogP contribution is 2.61. The lowest BCUT2D eigenvalue weighted by molar-refractivity contribution is -0.110. The van der Waals surface area contributed by atoms with Gasteiger partial charge in [0.15, 0.2) is 9.84 Å². The number of halogens is 1. The number of sulfone groups is 1. The highest BCUT2D eigenvalue weighted by molar-refractivity contribution is 7.91. The smallest absolute Gasteiger partial charge is 0.153 e. The number of hydrogen-bond donors (Lipinski definition) is 0. The van der Waals surface area contributed by atoms with E-state index in [9.17, 15) is 17.6 Å². The Kier molecular flexibility index (Phi) is 2.74. The van der Waals surface area contributed by atoms with Crippen LogP contribution in [0.3, 0.4) is 0 Å². The van der Waals surface area contributed by atoms with Crippen LogP contribution < -0.4 is 0 Å². The minimum Gasteiger partial charge on any atom is -0.302 e. The molecule has 1 aliphatic carbocycles. The summed E-state index contributed by atoms with van der Waals surface area (Å²) in [4.78, 5) is 11.1. The van der Waals surface area contributed by atoms with Gasteiger partial charge in [0.2, 0.25) is 0 Å². The Morgan fingerprint density at radius 1 is 1.50 bits per heavy atom. The summed E-state index contributed by atoms with van der Waals surface area (Å²) in [6, 6.07) is 7.08. The first kappa shape index (κ1) is 12.7. The number of nitriles is 1. The van der Waals surface area contributed by atoms with Crippen LogP contribution in [-0.2, 0) is 14.6 Å². The van der Waals surface area contributed by atoms with E-state index in [-0.39, 0.29) is 0 Å². The molecule has 1 fully saturated rings. The first-order valence-corrected chi connectivity index (χ1v) is 7.14. The van der Waals surface area contributed by atoms with Crippen LogP contribution in [0.1, 0.15) is 11.5 Å². The number of rotatable bonds is 3. The number of carbonyl (C=O) groups is 1. The van der Waals surface area contributed by atoms with E-state index in [1.54, 1.807) is 6.07 Å². The van der Waals surface area contributed by atoms with E-state index in [0.717, 1.165) is 12.3 Å². The van der Waals surface area contributed by atoms with E-state index >= 15 is 0 Å². The second-order valence-corrected chi connectivity index (χ2v) is 6.61. The highest BCUT2D eigenvalue weighted by atomic mass is 32.2. The maximum absolute atomic E-state index is 13.1. The SMILES string of the molecule is CS(=O)(=O)[C@@H]1[C@H](c2cccc(F)c2)[C@@]1(C#N)C=O. The summed E-state index contributed by atoms with van der Waals surface area (Å²) in [5.41, 5.74) is -1.22. The third-order valence-corrected chi connectivity index (χ3v) is 4.82. The first-order chi connectivity index (χ1) is 8.36. The maximum Gasteiger partial charge on any atom is 0.153 e. The van der Waals surface area contributed by atoms with Gasteiger partial charge in [0, 0.05) is 12.2 Å². The van der Waals surface area contributed by atoms with Crippen LogP contribution in [0.4, 0.5) is 4.39 Å². The van der Waals surface area contributed by atoms with Gasteiger partial charge in [0.05, 0.1) is 11.3 Å². The number of carbonyl (C=O) groups excluding carboxylic acids is 1. The molecular formula is C12H10FNO3S. The van der Waals surface area contributed by atoms with E-state index < -0.39 is 32.2 Å². The Hall–Kier alpha value is -1.74. The van der Waals surface area contributed by atoms with Gasteiger partial charge in [-0.15, -0.1) is 0 Å². The zero-order valence-electron chi connectivity index (χ0n) is 9.50. The van der Waals surface area contributed by atoms with Crippen molar-refractivity contribution in [1.82, 2.24) is 0 Å². The van der Waals surface area contributed by atoms with Crippen molar-refractivity contribution < 1.29 is 17.6 Å². The van der Waals surface area contributed by atoms with Crippen molar-refractivity contribution in [2.45, 2.75) is 11.2 Å². The van der Waals surface area contributed by atoms with E-state index in [4.69, 9.17) is 5.26 Å². The molecule has 0 amide bonds. The number of nitrogens with zero attached hydrogens (tertiary/aromatic N) is 1. The van der Waals surface area contributed by atoms with Gasteiger partial charge in [-0.05, 0) is 17.7 Å². The van der Waals surface area contributed by atoms with Crippen LogP contribution in [-0.4, -0.2) is 26.2 Å². The second kappa shape index (κ2) is 3.89. The third kappa shape index (κ3) is 1.71. The van der Waals surface area contributed by atoms with Gasteiger partial charge in [-0.1, -0.05) is 12.1 Å². The molecule has 3 atom stereocenters. The lowest BCUT2D eigenvalue weighted by Crippen LogP contribution is -2.14. The maximum atomic E-state index is 13.1. The van der Waals surface area contributed by atoms with Crippen molar-refractivity contribution in [3.8, 4) is 6.07 Å². The third-order valence-electron chi connectivity index (χ3n) is 3.24. The van der Waals surface area contributed by atoms with Gasteiger partial charge in [0.25, 0.3) is 0 Å². The van der Waals surface area contributed by atoms with Crippen LogP contribution in [0.5, 0.6) is 0 Å². The van der Waals surface area contributed by atoms with Crippen molar-refractivity contribution in [1.29, 1.82) is 5.26 Å². The zero-order chi connectivity index (χ0) is 13.6. The van der Waals surface area contributed by atoms with Gasteiger partial charge in [-0.2, -0.15) is 5.26 Å². The topological polar surface area (TPSA) is 75.0 Å². The van der Waals surface area contributed by atoms with Crippen LogP contribution >= 0.6 is 0 Å². The van der Waals surface area contributed by atoms with Crippen molar-refractivity contribution >= 4 is 16.1 Å². The first-order valence-electron chi connectivity index (χ1n) is 5.18. The Labute approximate surface area is 104 Å². The van der Waals surface area contributed by atoms with Crippen molar-refractivity contribution in [2.75, 3.05) is 6.26 Å². The summed E-state index contributed by atoms with van der Waals surface area (Å²) in [7, 11) is -3.55. The predicted molar refractivity (Wildman–Crippen MR) is 61.9 cm³/mol. The molecule has 0 radical (unpaired) electrons. The fourth-order valence-corrected chi connectivity index (χ4v) is 4.19. The number of hydrogen-bond acceptors (Lipinski definition) is 4. The molecular weight excluding hydrogens is 257 g/mol. The average Bonchev–Trinajstić information content (AvgIpc) is 2.98. The molecule has 2 rings (SSSR count). The Bertz CT molecular complexity index is 650. The number of benzene rings is 1. The van der Waals surface area contributed by atoms with Gasteiger partial charge in [-0.25, -0.2) is 12.8 Å². The van der Waals surface area contributed by atoms with Gasteiger partial charge in [-0.3, -0.25) is 0 Å². The molecule has 4 nitrogen and oxygen atoms in total. The van der Waals surface area contributed by atoms with Gasteiger partial charge < -0.3 is 4.79 Å². The standard InChI is InChI=1S/C12H10FNO3S/c1-18(16,17)11-10(12(11,6-14)7-15)8-3-2-4-9(13)5-8/h2-5,7,10-11H,1H3/t10-,11+,12+/m0/s1. The normalized spacial score (nSPS) is 30.5. The molecule has 0 spiro atoms. The minimum absolute atomic E-state index is 0.355. The Morgan fingerprint density at radius 2 is 2.17 bits per heavy atom. The average molecular weight is 267 g/mol. The van der Waals surface area contributed by atoms with Crippen LogP contribution in [0.2, 0.25) is 0 Å². The molecule has 1 aromatic rings. The summed E-state index contributed by atoms with van der Waals surface area (Å²) in [6.45, 7) is 0. The quantitative estimate of drug-likeness (QED) is 0.767. The fraction of sp³-hybridized carbons (Fsp3) is 0.333. The summed E-state index contributed by atoms with van der Waals surface area (Å²) < 4.78 is 36.3. The van der Waals surface area contributed by atoms with Crippen LogP contribution in [0.25, 0.3) is 0 Å². The second-order valence-electron chi connectivity index (χ2n) is 4.45. The molecule has 0 bridgehead atoms. The molecule has 0 saturated heterocycles. The lowest BCUT2D eigenvalue weighted by atomic mass is 10.0. The molecule has 1 aromatic carbocycles. The zero-order valence-corrected chi connectivity index (χ0v) is 10.3. The molecule has 0 aromatic heterocycles. The Morgan fingerprint density at radius 3 is 2.56 bits per heavy atom. The molecule has 94 valence electrons. The Balaban J connectivity index is 2.52. The minimum atomic E-state index is -3.55. The molecule has 0 heterocycles. The monoisotopic (exact) mass is 267 g/mol. The van der Waals surface area contributed by atoms with Crippen molar-refractivity contribution in [3.05, 3.63) is 35.6 Å². The van der Waals surface area contributed by atoms with E-state index in [2.05, 4.69) is 0 Å². The fourth-order valence-electron chi connectivity index (χ4n) is 2.43. The lowest BCUT2D eigenvalue weighted by Gasteiger charge is -1.99. The van der Waals surface area contributed by atoms with Gasteiger partial charge >= 0.3 is 0 Å². The summed E-state index contributed by atoms with van der Waals surface area (Å²) in [5.74, 6) is -1.31. The molecule has 0 aliphatic heterocycles. The molecule has 0 N–H and O–H groups in total. The molecule has 1 aliphatic rings. The van der Waals surface area contributed by atoms with E-state index in [1.165, 1.54) is 18.2 Å². The number of aldehydes is 1. The molecule has 6 heteroatoms. The van der Waals surface area contributed by atoms with Crippen LogP contribution in [0, 0.1) is 22.6 Å². The van der Waals surface area contributed by atoms with Gasteiger partial charge in [0.1, 0.15) is 17.5 Å². The summed E-state index contributed by atoms with van der Waals surface area (Å²) >= 11 is 0. The largest absolute Gasteiger partial charge is 0.302 e. The molecule has 0 unspecified atom stereocenters. The van der Waals surface area contributed by atoms with Crippen LogP contribution in [0.15, 0.2) is 24.3 Å². The van der Waals surface area contributed by atoms with E-state index in [0.29, 0.717) is 11.8 Å². The van der Waals surface area contributed by atoms with Crippen molar-refractivity contribution in [2.24, 2.45) is 5.41 Å².